The Bertz CT molecular complexity index is 1110. The van der Waals surface area contributed by atoms with Crippen LogP contribution in [0.25, 0.3) is 0 Å². The molecule has 1 atom stereocenters. The van der Waals surface area contributed by atoms with E-state index in [0.717, 1.165) is 20.7 Å². The molecule has 0 aliphatic carbocycles. The fourth-order valence-electron chi connectivity index (χ4n) is 2.95. The Hall–Kier alpha value is -2.40. The molecule has 1 N–H and O–H groups in total. The summed E-state index contributed by atoms with van der Waals surface area (Å²) in [6, 6.07) is 8.57. The van der Waals surface area contributed by atoms with Crippen LogP contribution in [0.5, 0.6) is 0 Å². The van der Waals surface area contributed by atoms with E-state index in [1.807, 2.05) is 0 Å². The van der Waals surface area contributed by atoms with Gasteiger partial charge in [-0.2, -0.15) is 12.7 Å². The summed E-state index contributed by atoms with van der Waals surface area (Å²) in [6.45, 7) is 0.884. The van der Waals surface area contributed by atoms with Gasteiger partial charge in [-0.3, -0.25) is 9.59 Å². The molecule has 12 heteroatoms. The van der Waals surface area contributed by atoms with Crippen LogP contribution >= 0.6 is 23.2 Å². The summed E-state index contributed by atoms with van der Waals surface area (Å²) in [4.78, 5) is 26.9. The second-order valence-corrected chi connectivity index (χ2v) is 10.2. The Morgan fingerprint density at radius 1 is 1.06 bits per heavy atom. The van der Waals surface area contributed by atoms with Crippen LogP contribution in [0, 0.1) is 5.82 Å². The maximum absolute atomic E-state index is 13.4. The van der Waals surface area contributed by atoms with Gasteiger partial charge in [-0.15, -0.1) is 0 Å². The highest BCUT2D eigenvalue weighted by molar-refractivity contribution is 7.90. The number of carbonyl (C=O) groups is 2. The first-order chi connectivity index (χ1) is 15.4. The van der Waals surface area contributed by atoms with Gasteiger partial charge in [-0.1, -0.05) is 29.3 Å². The third-order valence-corrected chi connectivity index (χ3v) is 7.44. The maximum Gasteiger partial charge on any atom is 0.304 e. The van der Waals surface area contributed by atoms with Crippen LogP contribution in [0.2, 0.25) is 10.0 Å². The molecule has 33 heavy (non-hydrogen) atoms. The zero-order valence-corrected chi connectivity index (χ0v) is 20.9. The summed E-state index contributed by atoms with van der Waals surface area (Å²) < 4.78 is 41.1. The third-order valence-electron chi connectivity index (χ3n) is 4.88. The molecule has 2 aromatic rings. The summed E-state index contributed by atoms with van der Waals surface area (Å²) in [5.74, 6) is -1.64. The molecule has 0 radical (unpaired) electrons. The molecule has 180 valence electrons. The summed E-state index contributed by atoms with van der Waals surface area (Å²) in [6.07, 6.45) is 0. The Kier molecular flexibility index (Phi) is 9.07. The van der Waals surface area contributed by atoms with Crippen LogP contribution in [-0.2, 0) is 26.3 Å². The minimum Gasteiger partial charge on any atom is -0.357 e. The van der Waals surface area contributed by atoms with Crippen molar-refractivity contribution in [2.24, 2.45) is 0 Å². The van der Waals surface area contributed by atoms with Gasteiger partial charge in [0.1, 0.15) is 18.4 Å². The number of carbonyl (C=O) groups excluding carboxylic acids is 2. The summed E-state index contributed by atoms with van der Waals surface area (Å²) in [7, 11) is -0.0472. The van der Waals surface area contributed by atoms with Crippen molar-refractivity contribution in [3.05, 3.63) is 63.9 Å². The zero-order chi connectivity index (χ0) is 24.9. The van der Waals surface area contributed by atoms with E-state index >= 15 is 0 Å². The first-order valence-electron chi connectivity index (χ1n) is 9.79. The average Bonchev–Trinajstić information content (AvgIpc) is 2.77. The predicted molar refractivity (Wildman–Crippen MR) is 127 cm³/mol. The van der Waals surface area contributed by atoms with Crippen molar-refractivity contribution in [3.63, 3.8) is 0 Å². The number of rotatable bonds is 9. The molecule has 0 fully saturated rings. The second kappa shape index (κ2) is 11.1. The van der Waals surface area contributed by atoms with Gasteiger partial charge in [0.25, 0.3) is 0 Å². The smallest absolute Gasteiger partial charge is 0.304 e. The third kappa shape index (κ3) is 6.57. The molecule has 0 saturated heterocycles. The van der Waals surface area contributed by atoms with Crippen LogP contribution in [0.4, 0.5) is 10.1 Å². The molecule has 0 aliphatic heterocycles. The van der Waals surface area contributed by atoms with E-state index in [9.17, 15) is 22.4 Å². The van der Waals surface area contributed by atoms with E-state index in [2.05, 4.69) is 5.32 Å². The highest BCUT2D eigenvalue weighted by atomic mass is 35.5. The normalized spacial score (nSPS) is 12.4. The predicted octanol–water partition coefficient (Wildman–Crippen LogP) is 2.91. The number of hydrogen-bond donors (Lipinski definition) is 1. The largest absolute Gasteiger partial charge is 0.357 e. The highest BCUT2D eigenvalue weighted by Gasteiger charge is 2.32. The van der Waals surface area contributed by atoms with Gasteiger partial charge in [0.2, 0.25) is 11.8 Å². The van der Waals surface area contributed by atoms with Crippen molar-refractivity contribution in [3.8, 4) is 0 Å². The van der Waals surface area contributed by atoms with E-state index in [-0.39, 0.29) is 17.3 Å². The van der Waals surface area contributed by atoms with Crippen LogP contribution in [0.3, 0.4) is 0 Å². The maximum atomic E-state index is 13.4. The Balaban J connectivity index is 2.45. The van der Waals surface area contributed by atoms with Crippen molar-refractivity contribution in [2.45, 2.75) is 19.5 Å². The van der Waals surface area contributed by atoms with Crippen LogP contribution in [-0.4, -0.2) is 63.2 Å². The summed E-state index contributed by atoms with van der Waals surface area (Å²) in [5, 5.41) is 3.09. The van der Waals surface area contributed by atoms with Gasteiger partial charge in [-0.05, 0) is 48.9 Å². The topological polar surface area (TPSA) is 90.0 Å². The van der Waals surface area contributed by atoms with Gasteiger partial charge < -0.3 is 10.2 Å². The van der Waals surface area contributed by atoms with Crippen LogP contribution in [0.1, 0.15) is 12.5 Å². The molecule has 0 unspecified atom stereocenters. The van der Waals surface area contributed by atoms with Crippen LogP contribution < -0.4 is 9.62 Å². The molecule has 2 rings (SSSR count). The lowest BCUT2D eigenvalue weighted by Gasteiger charge is -2.32. The standard InChI is InChI=1S/C21H25Cl2FN4O4S/c1-14(21(30)25-2)27(12-15-5-10-18(22)19(23)11-15)20(29)13-28(33(31,32)26(3)4)17-8-6-16(24)7-9-17/h5-11,14H,12-13H2,1-4H3,(H,25,30)/t14-/m1/s1. The van der Waals surface area contributed by atoms with E-state index in [4.69, 9.17) is 23.2 Å². The molecule has 0 heterocycles. The van der Waals surface area contributed by atoms with Gasteiger partial charge in [0.05, 0.1) is 15.7 Å². The lowest BCUT2D eigenvalue weighted by molar-refractivity contribution is -0.139. The molecular formula is C21H25Cl2FN4O4S. The number of halogens is 3. The Morgan fingerprint density at radius 3 is 2.18 bits per heavy atom. The van der Waals surface area contributed by atoms with Gasteiger partial charge >= 0.3 is 10.2 Å². The fourth-order valence-corrected chi connectivity index (χ4v) is 4.33. The van der Waals surface area contributed by atoms with E-state index in [1.165, 1.54) is 45.1 Å². The number of anilines is 1. The molecule has 0 spiro atoms. The lowest BCUT2D eigenvalue weighted by Crippen LogP contribution is -2.52. The average molecular weight is 519 g/mol. The minimum atomic E-state index is -4.11. The van der Waals surface area contributed by atoms with E-state index in [0.29, 0.717) is 10.6 Å². The summed E-state index contributed by atoms with van der Waals surface area (Å²) >= 11 is 12.0. The van der Waals surface area contributed by atoms with Gasteiger partial charge in [0, 0.05) is 27.7 Å². The van der Waals surface area contributed by atoms with Crippen LogP contribution in [0.15, 0.2) is 42.5 Å². The summed E-state index contributed by atoms with van der Waals surface area (Å²) in [5.41, 5.74) is 0.692. The van der Waals surface area contributed by atoms with Crippen molar-refractivity contribution >= 4 is 50.9 Å². The highest BCUT2D eigenvalue weighted by Crippen LogP contribution is 2.25. The number of nitrogens with one attached hydrogen (secondary N) is 1. The first kappa shape index (κ1) is 26.8. The van der Waals surface area contributed by atoms with Crippen molar-refractivity contribution in [2.75, 3.05) is 32.0 Å². The van der Waals surface area contributed by atoms with E-state index in [1.54, 1.807) is 18.2 Å². The molecule has 0 bridgehead atoms. The molecule has 2 aromatic carbocycles. The number of likely N-dealkylation sites (N-methyl/N-ethyl adjacent to an activating group) is 1. The SMILES string of the molecule is CNC(=O)[C@@H](C)N(Cc1ccc(Cl)c(Cl)c1)C(=O)CN(c1ccc(F)cc1)S(=O)(=O)N(C)C. The van der Waals surface area contributed by atoms with E-state index < -0.39 is 40.4 Å². The minimum absolute atomic E-state index is 0.0242. The molecule has 0 aromatic heterocycles. The zero-order valence-electron chi connectivity index (χ0n) is 18.5. The Morgan fingerprint density at radius 2 is 1.67 bits per heavy atom. The van der Waals surface area contributed by atoms with Gasteiger partial charge in [0.15, 0.2) is 0 Å². The monoisotopic (exact) mass is 518 g/mol. The number of nitrogens with zero attached hydrogens (tertiary/aromatic N) is 3. The molecule has 8 nitrogen and oxygen atoms in total. The Labute approximate surface area is 203 Å². The second-order valence-electron chi connectivity index (χ2n) is 7.33. The number of amides is 2. The molecular weight excluding hydrogens is 494 g/mol. The lowest BCUT2D eigenvalue weighted by atomic mass is 10.1. The first-order valence-corrected chi connectivity index (χ1v) is 11.9. The number of benzene rings is 2. The molecule has 2 amide bonds. The fraction of sp³-hybridized carbons (Fsp3) is 0.333. The van der Waals surface area contributed by atoms with Crippen molar-refractivity contribution in [1.29, 1.82) is 0 Å². The van der Waals surface area contributed by atoms with Gasteiger partial charge in [-0.25, -0.2) is 8.70 Å². The molecule has 0 aliphatic rings. The van der Waals surface area contributed by atoms with Crippen molar-refractivity contribution < 1.29 is 22.4 Å². The quantitative estimate of drug-likeness (QED) is 0.552. The molecule has 0 saturated carbocycles. The van der Waals surface area contributed by atoms with Crippen molar-refractivity contribution in [1.82, 2.24) is 14.5 Å². The number of hydrogen-bond acceptors (Lipinski definition) is 4.